The van der Waals surface area contributed by atoms with Crippen LogP contribution in [0.25, 0.3) is 6.08 Å². The zero-order valence-corrected chi connectivity index (χ0v) is 18.6. The molecule has 0 aromatic heterocycles. The standard InChI is InChI=1S/C24H28N2O6/c1-5-31-21-13-9-19(10-14-21)26-23(28)17(3)32-24(29)16(2)25-22(27)15-8-18-6-11-20(30-4)12-7-18/h6-17H,5H2,1-4H3,(H,25,27)(H,26,28)/b15-8+/t16-,17?/m0/s1. The lowest BCUT2D eigenvalue weighted by atomic mass is 10.2. The van der Waals surface area contributed by atoms with E-state index < -0.39 is 29.9 Å². The predicted molar refractivity (Wildman–Crippen MR) is 121 cm³/mol. The molecule has 2 rings (SSSR count). The lowest BCUT2D eigenvalue weighted by molar-refractivity contribution is -0.155. The van der Waals surface area contributed by atoms with Gasteiger partial charge in [-0.3, -0.25) is 9.59 Å². The molecule has 2 N–H and O–H groups in total. The number of benzene rings is 2. The van der Waals surface area contributed by atoms with Crippen LogP contribution in [-0.2, 0) is 19.1 Å². The first kappa shape index (κ1) is 24.5. The summed E-state index contributed by atoms with van der Waals surface area (Å²) in [4.78, 5) is 36.6. The molecule has 0 saturated carbocycles. The highest BCUT2D eigenvalue weighted by Gasteiger charge is 2.22. The number of carbonyl (C=O) groups is 3. The van der Waals surface area contributed by atoms with Crippen molar-refractivity contribution in [1.82, 2.24) is 5.32 Å². The highest BCUT2D eigenvalue weighted by molar-refractivity contribution is 5.97. The Morgan fingerprint density at radius 3 is 2.19 bits per heavy atom. The van der Waals surface area contributed by atoms with Crippen LogP contribution in [0.3, 0.4) is 0 Å². The van der Waals surface area contributed by atoms with Crippen molar-refractivity contribution in [2.45, 2.75) is 32.9 Å². The summed E-state index contributed by atoms with van der Waals surface area (Å²) in [6.07, 6.45) is 1.89. The fraction of sp³-hybridized carbons (Fsp3) is 0.292. The minimum Gasteiger partial charge on any atom is -0.497 e. The molecular formula is C24H28N2O6. The van der Waals surface area contributed by atoms with Crippen LogP contribution in [0.1, 0.15) is 26.3 Å². The maximum absolute atomic E-state index is 12.3. The van der Waals surface area contributed by atoms with Gasteiger partial charge in [0.05, 0.1) is 13.7 Å². The Labute approximate surface area is 187 Å². The van der Waals surface area contributed by atoms with Gasteiger partial charge in [-0.05, 0) is 68.8 Å². The van der Waals surface area contributed by atoms with E-state index in [9.17, 15) is 14.4 Å². The van der Waals surface area contributed by atoms with E-state index >= 15 is 0 Å². The molecule has 2 atom stereocenters. The van der Waals surface area contributed by atoms with Gasteiger partial charge in [0, 0.05) is 11.8 Å². The predicted octanol–water partition coefficient (Wildman–Crippen LogP) is 3.18. The minimum absolute atomic E-state index is 0.461. The molecule has 0 fully saturated rings. The third-order valence-electron chi connectivity index (χ3n) is 4.35. The molecule has 0 spiro atoms. The first-order valence-corrected chi connectivity index (χ1v) is 10.2. The molecule has 0 saturated heterocycles. The van der Waals surface area contributed by atoms with E-state index in [1.54, 1.807) is 61.7 Å². The Kier molecular flexibility index (Phi) is 9.28. The number of nitrogens with one attached hydrogen (secondary N) is 2. The number of esters is 1. The molecule has 2 amide bonds. The van der Waals surface area contributed by atoms with Gasteiger partial charge in [0.25, 0.3) is 5.91 Å². The zero-order valence-electron chi connectivity index (χ0n) is 18.6. The fourth-order valence-electron chi connectivity index (χ4n) is 2.58. The van der Waals surface area contributed by atoms with Crippen molar-refractivity contribution in [3.8, 4) is 11.5 Å². The van der Waals surface area contributed by atoms with Gasteiger partial charge in [-0.15, -0.1) is 0 Å². The molecule has 170 valence electrons. The van der Waals surface area contributed by atoms with E-state index in [0.29, 0.717) is 23.8 Å². The molecule has 2 aromatic rings. The molecule has 2 aromatic carbocycles. The molecule has 0 heterocycles. The summed E-state index contributed by atoms with van der Waals surface area (Å²) in [7, 11) is 1.57. The van der Waals surface area contributed by atoms with Gasteiger partial charge in [0.15, 0.2) is 6.10 Å². The molecule has 8 nitrogen and oxygen atoms in total. The van der Waals surface area contributed by atoms with Crippen molar-refractivity contribution in [2.24, 2.45) is 0 Å². The zero-order chi connectivity index (χ0) is 23.5. The molecule has 32 heavy (non-hydrogen) atoms. The van der Waals surface area contributed by atoms with Gasteiger partial charge in [-0.2, -0.15) is 0 Å². The summed E-state index contributed by atoms with van der Waals surface area (Å²) >= 11 is 0. The number of hydrogen-bond acceptors (Lipinski definition) is 6. The number of hydrogen-bond donors (Lipinski definition) is 2. The second-order valence-electron chi connectivity index (χ2n) is 6.86. The maximum atomic E-state index is 12.3. The molecule has 0 aliphatic heterocycles. The lowest BCUT2D eigenvalue weighted by Crippen LogP contribution is -2.41. The first-order chi connectivity index (χ1) is 15.3. The minimum atomic E-state index is -1.04. The van der Waals surface area contributed by atoms with E-state index in [4.69, 9.17) is 14.2 Å². The third-order valence-corrected chi connectivity index (χ3v) is 4.35. The number of rotatable bonds is 10. The summed E-state index contributed by atoms with van der Waals surface area (Å²) < 4.78 is 15.6. The molecule has 8 heteroatoms. The van der Waals surface area contributed by atoms with E-state index in [1.807, 2.05) is 6.92 Å². The van der Waals surface area contributed by atoms with Gasteiger partial charge in [0.1, 0.15) is 17.5 Å². The van der Waals surface area contributed by atoms with Gasteiger partial charge >= 0.3 is 5.97 Å². The maximum Gasteiger partial charge on any atom is 0.329 e. The largest absolute Gasteiger partial charge is 0.497 e. The highest BCUT2D eigenvalue weighted by atomic mass is 16.5. The first-order valence-electron chi connectivity index (χ1n) is 10.2. The third kappa shape index (κ3) is 7.79. The highest BCUT2D eigenvalue weighted by Crippen LogP contribution is 2.16. The molecule has 0 aliphatic rings. The number of ether oxygens (including phenoxy) is 3. The Morgan fingerprint density at radius 1 is 0.969 bits per heavy atom. The van der Waals surface area contributed by atoms with Crippen molar-refractivity contribution in [3.05, 3.63) is 60.2 Å². The average Bonchev–Trinajstić information content (AvgIpc) is 2.79. The van der Waals surface area contributed by atoms with Crippen molar-refractivity contribution < 1.29 is 28.6 Å². The quantitative estimate of drug-likeness (QED) is 0.435. The van der Waals surface area contributed by atoms with Crippen LogP contribution in [0.15, 0.2) is 54.6 Å². The van der Waals surface area contributed by atoms with Gasteiger partial charge in [-0.25, -0.2) is 4.79 Å². The van der Waals surface area contributed by atoms with Crippen LogP contribution in [0.4, 0.5) is 5.69 Å². The Bertz CT molecular complexity index is 938. The second kappa shape index (κ2) is 12.1. The average molecular weight is 440 g/mol. The Balaban J connectivity index is 1.81. The van der Waals surface area contributed by atoms with E-state index in [1.165, 1.54) is 19.9 Å². The molecule has 0 bridgehead atoms. The second-order valence-corrected chi connectivity index (χ2v) is 6.86. The van der Waals surface area contributed by atoms with Crippen molar-refractivity contribution in [2.75, 3.05) is 19.0 Å². The Morgan fingerprint density at radius 2 is 1.59 bits per heavy atom. The van der Waals surface area contributed by atoms with Crippen LogP contribution in [0, 0.1) is 0 Å². The molecule has 0 aliphatic carbocycles. The smallest absolute Gasteiger partial charge is 0.329 e. The fourth-order valence-corrected chi connectivity index (χ4v) is 2.58. The van der Waals surface area contributed by atoms with Crippen molar-refractivity contribution in [3.63, 3.8) is 0 Å². The van der Waals surface area contributed by atoms with Crippen LogP contribution in [0.2, 0.25) is 0 Å². The number of anilines is 1. The van der Waals surface area contributed by atoms with Crippen LogP contribution < -0.4 is 20.1 Å². The summed E-state index contributed by atoms with van der Waals surface area (Å²) in [6, 6.07) is 13.1. The SMILES string of the molecule is CCOc1ccc(NC(=O)C(C)OC(=O)[C@H](C)NC(=O)/C=C/c2ccc(OC)cc2)cc1. The number of methoxy groups -OCH3 is 1. The normalized spacial score (nSPS) is 12.5. The summed E-state index contributed by atoms with van der Waals surface area (Å²) in [5, 5.41) is 5.18. The monoisotopic (exact) mass is 440 g/mol. The molecular weight excluding hydrogens is 412 g/mol. The van der Waals surface area contributed by atoms with E-state index in [-0.39, 0.29) is 0 Å². The van der Waals surface area contributed by atoms with Crippen molar-refractivity contribution >= 4 is 29.5 Å². The molecule has 0 radical (unpaired) electrons. The van der Waals surface area contributed by atoms with Crippen molar-refractivity contribution in [1.29, 1.82) is 0 Å². The van der Waals surface area contributed by atoms with Gasteiger partial charge in [0.2, 0.25) is 5.91 Å². The summed E-state index contributed by atoms with van der Waals surface area (Å²) in [6.45, 7) is 5.37. The lowest BCUT2D eigenvalue weighted by Gasteiger charge is -2.17. The van der Waals surface area contributed by atoms with E-state index in [0.717, 1.165) is 5.56 Å². The van der Waals surface area contributed by atoms with Crippen LogP contribution in [-0.4, -0.2) is 43.6 Å². The van der Waals surface area contributed by atoms with Crippen LogP contribution >= 0.6 is 0 Å². The molecule has 1 unspecified atom stereocenters. The summed E-state index contributed by atoms with van der Waals surface area (Å²) in [5.41, 5.74) is 1.35. The van der Waals surface area contributed by atoms with E-state index in [2.05, 4.69) is 10.6 Å². The van der Waals surface area contributed by atoms with Gasteiger partial charge < -0.3 is 24.8 Å². The Hall–Kier alpha value is -3.81. The summed E-state index contributed by atoms with van der Waals surface area (Å²) in [5.74, 6) is -0.262. The van der Waals surface area contributed by atoms with Crippen LogP contribution in [0.5, 0.6) is 11.5 Å². The van der Waals surface area contributed by atoms with Gasteiger partial charge in [-0.1, -0.05) is 12.1 Å². The topological polar surface area (TPSA) is 103 Å². The number of amides is 2. The number of carbonyl (C=O) groups excluding carboxylic acids is 3.